The molecule has 7 nitrogen and oxygen atoms in total. The molecular weight excluding hydrogens is 287 g/mol. The van der Waals surface area contributed by atoms with Gasteiger partial charge in [0.05, 0.1) is 17.0 Å². The molecule has 0 bridgehead atoms. The van der Waals surface area contributed by atoms with Gasteiger partial charge in [-0.3, -0.25) is 10.2 Å². The number of aromatic amines is 1. The van der Waals surface area contributed by atoms with E-state index in [2.05, 4.69) is 25.8 Å². The van der Waals surface area contributed by atoms with Crippen molar-refractivity contribution in [2.45, 2.75) is 18.9 Å². The summed E-state index contributed by atoms with van der Waals surface area (Å²) in [6.07, 6.45) is 0.946. The Morgan fingerprint density at radius 3 is 3.00 bits per heavy atom. The van der Waals surface area contributed by atoms with E-state index >= 15 is 0 Å². The van der Waals surface area contributed by atoms with Crippen molar-refractivity contribution >= 4 is 28.6 Å². The maximum absolute atomic E-state index is 13.7. The summed E-state index contributed by atoms with van der Waals surface area (Å²) in [6, 6.07) is 2.42. The maximum atomic E-state index is 13.7. The van der Waals surface area contributed by atoms with E-state index in [4.69, 9.17) is 5.41 Å². The Kier molecular flexibility index (Phi) is 3.36. The van der Waals surface area contributed by atoms with Crippen LogP contribution in [0.5, 0.6) is 0 Å². The molecular formula is C14H15FN6O. The predicted molar refractivity (Wildman–Crippen MR) is 83.4 cm³/mol. The van der Waals surface area contributed by atoms with Crippen molar-refractivity contribution in [3.05, 3.63) is 34.0 Å². The summed E-state index contributed by atoms with van der Waals surface area (Å²) >= 11 is 0. The number of halogens is 1. The van der Waals surface area contributed by atoms with Gasteiger partial charge in [-0.1, -0.05) is 0 Å². The van der Waals surface area contributed by atoms with Crippen LogP contribution in [0.3, 0.4) is 0 Å². The second-order valence-corrected chi connectivity index (χ2v) is 5.12. The van der Waals surface area contributed by atoms with Gasteiger partial charge in [-0.05, 0) is 19.1 Å². The van der Waals surface area contributed by atoms with Gasteiger partial charge in [0, 0.05) is 24.2 Å². The highest BCUT2D eigenvalue weighted by Crippen LogP contribution is 2.37. The van der Waals surface area contributed by atoms with Crippen LogP contribution in [0.2, 0.25) is 0 Å². The topological polar surface area (TPSA) is 106 Å². The number of hydrogen-bond acceptors (Lipinski definition) is 4. The van der Waals surface area contributed by atoms with E-state index in [0.29, 0.717) is 22.6 Å². The normalized spacial score (nSPS) is 20.6. The van der Waals surface area contributed by atoms with Crippen LogP contribution in [0.15, 0.2) is 21.9 Å². The van der Waals surface area contributed by atoms with Gasteiger partial charge in [0.2, 0.25) is 0 Å². The second-order valence-electron chi connectivity index (χ2n) is 5.12. The number of aromatic nitrogens is 2. The molecule has 8 heteroatoms. The van der Waals surface area contributed by atoms with Crippen molar-refractivity contribution in [2.75, 3.05) is 12.4 Å². The van der Waals surface area contributed by atoms with E-state index in [9.17, 15) is 9.18 Å². The Morgan fingerprint density at radius 2 is 2.32 bits per heavy atom. The van der Waals surface area contributed by atoms with Crippen LogP contribution in [0, 0.1) is 11.2 Å². The van der Waals surface area contributed by atoms with E-state index in [1.165, 1.54) is 12.1 Å². The lowest BCUT2D eigenvalue weighted by Crippen LogP contribution is -2.40. The van der Waals surface area contributed by atoms with Crippen LogP contribution in [0.25, 0.3) is 10.8 Å². The fraction of sp³-hybridized carbons (Fsp3) is 0.286. The van der Waals surface area contributed by atoms with Crippen LogP contribution in [-0.4, -0.2) is 35.5 Å². The van der Waals surface area contributed by atoms with Crippen LogP contribution in [0.1, 0.15) is 18.5 Å². The number of aliphatic imine (C=N–C) groups is 1. The van der Waals surface area contributed by atoms with Gasteiger partial charge in [0.25, 0.3) is 5.56 Å². The standard InChI is InChI=1S/C14H15FN6O/c1-6-10(13(17-2)18-5-16)12-11-8(14(22)21-20-12)3-7(15)4-9(11)19-6/h3-6,10,19H,1-2H3,(H,21,22)(H2,16,17,18)/t6-,10-/m0/s1. The summed E-state index contributed by atoms with van der Waals surface area (Å²) in [4.78, 5) is 16.0. The fourth-order valence-electron chi connectivity index (χ4n) is 2.93. The molecule has 3 rings (SSSR count). The molecule has 0 spiro atoms. The third kappa shape index (κ3) is 2.03. The zero-order valence-corrected chi connectivity index (χ0v) is 12.1. The fourth-order valence-corrected chi connectivity index (χ4v) is 2.93. The quantitative estimate of drug-likeness (QED) is 0.494. The summed E-state index contributed by atoms with van der Waals surface area (Å²) in [5.74, 6) is -0.222. The van der Waals surface area contributed by atoms with E-state index in [0.717, 1.165) is 6.34 Å². The summed E-state index contributed by atoms with van der Waals surface area (Å²) in [5, 5.41) is 20.7. The van der Waals surface area contributed by atoms with Crippen molar-refractivity contribution in [1.29, 1.82) is 5.41 Å². The number of nitrogens with zero attached hydrogens (tertiary/aromatic N) is 2. The van der Waals surface area contributed by atoms with Gasteiger partial charge in [0.1, 0.15) is 18.0 Å². The maximum Gasteiger partial charge on any atom is 0.272 e. The molecule has 0 fully saturated rings. The largest absolute Gasteiger partial charge is 0.381 e. The molecule has 0 saturated carbocycles. The predicted octanol–water partition coefficient (Wildman–Crippen LogP) is 1.18. The molecule has 0 unspecified atom stereocenters. The molecule has 1 aromatic heterocycles. The van der Waals surface area contributed by atoms with Crippen LogP contribution >= 0.6 is 0 Å². The Hall–Kier alpha value is -2.77. The molecule has 0 saturated heterocycles. The average molecular weight is 302 g/mol. The highest BCUT2D eigenvalue weighted by atomic mass is 19.1. The van der Waals surface area contributed by atoms with Crippen molar-refractivity contribution in [3.63, 3.8) is 0 Å². The molecule has 2 heterocycles. The van der Waals surface area contributed by atoms with Crippen molar-refractivity contribution in [3.8, 4) is 0 Å². The third-order valence-electron chi connectivity index (χ3n) is 3.81. The van der Waals surface area contributed by atoms with E-state index < -0.39 is 11.4 Å². The third-order valence-corrected chi connectivity index (χ3v) is 3.81. The minimum atomic E-state index is -0.481. The van der Waals surface area contributed by atoms with E-state index in [-0.39, 0.29) is 17.3 Å². The molecule has 114 valence electrons. The smallest absolute Gasteiger partial charge is 0.272 e. The van der Waals surface area contributed by atoms with E-state index in [1.807, 2.05) is 6.92 Å². The number of amidine groups is 1. The molecule has 1 aliphatic rings. The number of benzene rings is 1. The Morgan fingerprint density at radius 1 is 1.55 bits per heavy atom. The van der Waals surface area contributed by atoms with Crippen LogP contribution < -0.4 is 16.2 Å². The highest BCUT2D eigenvalue weighted by Gasteiger charge is 2.33. The lowest BCUT2D eigenvalue weighted by atomic mass is 9.88. The first kappa shape index (κ1) is 14.2. The Labute approximate surface area is 125 Å². The molecule has 1 aromatic carbocycles. The van der Waals surface area contributed by atoms with Gasteiger partial charge in [-0.15, -0.1) is 0 Å². The van der Waals surface area contributed by atoms with Crippen molar-refractivity contribution < 1.29 is 4.39 Å². The second kappa shape index (κ2) is 5.21. The molecule has 0 aliphatic carbocycles. The molecule has 22 heavy (non-hydrogen) atoms. The lowest BCUT2D eigenvalue weighted by molar-refractivity contribution is 0.626. The summed E-state index contributed by atoms with van der Waals surface area (Å²) < 4.78 is 13.7. The zero-order valence-electron chi connectivity index (χ0n) is 12.1. The van der Waals surface area contributed by atoms with Gasteiger partial charge in [0.15, 0.2) is 0 Å². The number of likely N-dealkylation sites (N-methyl/N-ethyl adjacent to an activating group) is 1. The number of rotatable bonds is 2. The SMILES string of the molecule is CN/C(=N\C=N)[C@@H]1c2n[nH]c(=O)c3cc(F)cc(c23)N[C@H]1C. The molecule has 2 atom stereocenters. The molecule has 4 N–H and O–H groups in total. The highest BCUT2D eigenvalue weighted by molar-refractivity contribution is 6.03. The minimum Gasteiger partial charge on any atom is -0.381 e. The van der Waals surface area contributed by atoms with E-state index in [1.54, 1.807) is 7.05 Å². The van der Waals surface area contributed by atoms with Gasteiger partial charge in [-0.2, -0.15) is 5.10 Å². The molecule has 0 amide bonds. The summed E-state index contributed by atoms with van der Waals surface area (Å²) in [5.41, 5.74) is 0.702. The summed E-state index contributed by atoms with van der Waals surface area (Å²) in [6.45, 7) is 1.91. The van der Waals surface area contributed by atoms with Gasteiger partial charge >= 0.3 is 0 Å². The first-order valence-corrected chi connectivity index (χ1v) is 6.79. The molecule has 2 aromatic rings. The first-order chi connectivity index (χ1) is 10.6. The van der Waals surface area contributed by atoms with Crippen LogP contribution in [-0.2, 0) is 0 Å². The molecule has 0 radical (unpaired) electrons. The lowest BCUT2D eigenvalue weighted by Gasteiger charge is -2.32. The van der Waals surface area contributed by atoms with Crippen LogP contribution in [0.4, 0.5) is 10.1 Å². The number of hydrogen-bond donors (Lipinski definition) is 4. The zero-order chi connectivity index (χ0) is 15.9. The van der Waals surface area contributed by atoms with Crippen molar-refractivity contribution in [2.24, 2.45) is 4.99 Å². The first-order valence-electron chi connectivity index (χ1n) is 6.79. The minimum absolute atomic E-state index is 0.137. The number of anilines is 1. The summed E-state index contributed by atoms with van der Waals surface area (Å²) in [7, 11) is 1.71. The number of H-pyrrole nitrogens is 1. The average Bonchev–Trinajstić information content (AvgIpc) is 2.48. The monoisotopic (exact) mass is 302 g/mol. The number of nitrogens with one attached hydrogen (secondary N) is 4. The van der Waals surface area contributed by atoms with Gasteiger partial charge in [-0.25, -0.2) is 14.5 Å². The Balaban J connectivity index is 2.35. The Bertz CT molecular complexity index is 843. The van der Waals surface area contributed by atoms with Gasteiger partial charge < -0.3 is 10.6 Å². The van der Waals surface area contributed by atoms with Crippen molar-refractivity contribution in [1.82, 2.24) is 15.5 Å². The molecule has 1 aliphatic heterocycles.